The van der Waals surface area contributed by atoms with Gasteiger partial charge in [-0.2, -0.15) is 0 Å². The second-order valence-corrected chi connectivity index (χ2v) is 11.3. The first-order valence-electron chi connectivity index (χ1n) is 15.3. The van der Waals surface area contributed by atoms with Crippen molar-refractivity contribution in [2.24, 2.45) is 0 Å². The summed E-state index contributed by atoms with van der Waals surface area (Å²) in [5.41, 5.74) is 11.9. The summed E-state index contributed by atoms with van der Waals surface area (Å²) in [5.74, 6) is 0.651. The maximum atomic E-state index is 3.66. The fourth-order valence-electron chi connectivity index (χ4n) is 6.68. The molecule has 42 heavy (non-hydrogen) atoms. The van der Waals surface area contributed by atoms with E-state index in [-0.39, 0.29) is 0 Å². The van der Waals surface area contributed by atoms with Crippen molar-refractivity contribution in [1.29, 1.82) is 0 Å². The van der Waals surface area contributed by atoms with Gasteiger partial charge in [0.05, 0.1) is 5.69 Å². The van der Waals surface area contributed by atoms with E-state index < -0.39 is 0 Å². The van der Waals surface area contributed by atoms with Gasteiger partial charge in [0.15, 0.2) is 0 Å². The number of H-pyrrole nitrogens is 2. The smallest absolute Gasteiger partial charge is 0.0541 e. The van der Waals surface area contributed by atoms with Crippen LogP contribution in [0.1, 0.15) is 36.3 Å². The first-order valence-corrected chi connectivity index (χ1v) is 15.3. The van der Waals surface area contributed by atoms with Crippen LogP contribution in [0, 0.1) is 0 Å². The van der Waals surface area contributed by atoms with E-state index in [1.165, 1.54) is 73.9 Å². The predicted octanol–water partition coefficient (Wildman–Crippen LogP) is 8.51. The van der Waals surface area contributed by atoms with Crippen LogP contribution in [0.3, 0.4) is 0 Å². The molecule has 0 unspecified atom stereocenters. The Morgan fingerprint density at radius 3 is 1.76 bits per heavy atom. The van der Waals surface area contributed by atoms with Gasteiger partial charge in [0.25, 0.3) is 0 Å². The first kappa shape index (κ1) is 26.5. The molecule has 0 bridgehead atoms. The number of aromatic amines is 2. The number of piperidine rings is 1. The second-order valence-electron chi connectivity index (χ2n) is 11.3. The van der Waals surface area contributed by atoms with Gasteiger partial charge in [0.2, 0.25) is 0 Å². The van der Waals surface area contributed by atoms with Gasteiger partial charge in [-0.1, -0.05) is 103 Å². The Labute approximate surface area is 247 Å². The molecule has 8 rings (SSSR count). The zero-order valence-electron chi connectivity index (χ0n) is 24.0. The monoisotopic (exact) mass is 550 g/mol. The quantitative estimate of drug-likeness (QED) is 0.178. The molecular weight excluding hydrogens is 512 g/mol. The molecule has 4 heterocycles. The number of nitrogens with one attached hydrogen (secondary N) is 4. The number of hydrogen-bond donors (Lipinski definition) is 4. The van der Waals surface area contributed by atoms with E-state index >= 15 is 0 Å². The summed E-state index contributed by atoms with van der Waals surface area (Å²) in [6.45, 7) is 4.26. The Bertz CT molecular complexity index is 1800. The molecule has 0 amide bonds. The summed E-state index contributed by atoms with van der Waals surface area (Å²) in [7, 11) is 0. The normalized spacial score (nSPS) is 15.8. The van der Waals surface area contributed by atoms with Crippen molar-refractivity contribution in [2.75, 3.05) is 26.2 Å². The molecule has 0 spiro atoms. The third-order valence-electron chi connectivity index (χ3n) is 8.71. The van der Waals surface area contributed by atoms with E-state index in [9.17, 15) is 0 Å². The third kappa shape index (κ3) is 5.32. The average Bonchev–Trinajstić information content (AvgIpc) is 3.66. The highest BCUT2D eigenvalue weighted by Gasteiger charge is 2.23. The van der Waals surface area contributed by atoms with E-state index in [2.05, 4.69) is 136 Å². The van der Waals surface area contributed by atoms with Gasteiger partial charge in [-0.05, 0) is 79.2 Å². The molecule has 0 saturated carbocycles. The number of fused-ring (bicyclic) bond motifs is 2. The largest absolute Gasteiger partial charge is 0.354 e. The maximum Gasteiger partial charge on any atom is 0.0541 e. The molecule has 4 N–H and O–H groups in total. The summed E-state index contributed by atoms with van der Waals surface area (Å²) >= 11 is 0. The van der Waals surface area contributed by atoms with Crippen LogP contribution < -0.4 is 10.6 Å². The van der Waals surface area contributed by atoms with Gasteiger partial charge in [-0.15, -0.1) is 0 Å². The van der Waals surface area contributed by atoms with Gasteiger partial charge in [0.1, 0.15) is 0 Å². The lowest BCUT2D eigenvalue weighted by molar-refractivity contribution is 0.463. The molecule has 1 fully saturated rings. The van der Waals surface area contributed by atoms with Crippen molar-refractivity contribution < 1.29 is 0 Å². The van der Waals surface area contributed by atoms with E-state index in [1.807, 2.05) is 0 Å². The molecule has 2 aliphatic heterocycles. The average molecular weight is 551 g/mol. The van der Waals surface area contributed by atoms with Crippen LogP contribution >= 0.6 is 0 Å². The first-order chi connectivity index (χ1) is 20.9. The molecule has 0 aliphatic carbocycles. The van der Waals surface area contributed by atoms with Crippen molar-refractivity contribution in [1.82, 2.24) is 20.6 Å². The zero-order valence-corrected chi connectivity index (χ0v) is 24.0. The number of hydrogen-bond acceptors (Lipinski definition) is 2. The van der Waals surface area contributed by atoms with Crippen LogP contribution in [-0.2, 0) is 0 Å². The number of para-hydroxylation sites is 2. The topological polar surface area (TPSA) is 55.6 Å². The zero-order chi connectivity index (χ0) is 28.1. The Hall–Kier alpha value is -4.38. The second kappa shape index (κ2) is 12.2. The highest BCUT2D eigenvalue weighted by Crippen LogP contribution is 2.39. The molecular formula is C38H38N4. The molecule has 4 aromatic carbocycles. The van der Waals surface area contributed by atoms with Crippen LogP contribution in [0.25, 0.3) is 49.9 Å². The minimum absolute atomic E-state index is 0.651. The Balaban J connectivity index is 0.000000137. The molecule has 4 nitrogen and oxygen atoms in total. The van der Waals surface area contributed by atoms with Gasteiger partial charge < -0.3 is 20.6 Å². The van der Waals surface area contributed by atoms with Gasteiger partial charge in [0, 0.05) is 39.6 Å². The lowest BCUT2D eigenvalue weighted by atomic mass is 9.87. The summed E-state index contributed by atoms with van der Waals surface area (Å²) in [4.78, 5) is 7.27. The molecule has 0 atom stereocenters. The SMILES string of the molecule is C1=C(c2c(-c3ccccc3)[nH]c3ccccc23)CCNC1.c1ccc(-c2[nH]c3ccccc3c2C2CCNCC2)cc1. The fraction of sp³-hybridized carbons (Fsp3) is 0.211. The van der Waals surface area contributed by atoms with E-state index in [0.29, 0.717) is 5.92 Å². The number of rotatable bonds is 4. The number of benzene rings is 4. The van der Waals surface area contributed by atoms with Gasteiger partial charge in [-0.3, -0.25) is 0 Å². The van der Waals surface area contributed by atoms with Gasteiger partial charge in [-0.25, -0.2) is 0 Å². The fourth-order valence-corrected chi connectivity index (χ4v) is 6.68. The van der Waals surface area contributed by atoms with Crippen molar-refractivity contribution in [3.8, 4) is 22.5 Å². The van der Waals surface area contributed by atoms with Crippen molar-refractivity contribution >= 4 is 27.4 Å². The summed E-state index contributed by atoms with van der Waals surface area (Å²) in [5, 5.41) is 9.59. The van der Waals surface area contributed by atoms with Crippen LogP contribution in [0.4, 0.5) is 0 Å². The Morgan fingerprint density at radius 2 is 1.10 bits per heavy atom. The molecule has 4 heteroatoms. The molecule has 6 aromatic rings. The van der Waals surface area contributed by atoms with Gasteiger partial charge >= 0.3 is 0 Å². The molecule has 2 aliphatic rings. The lowest BCUT2D eigenvalue weighted by Gasteiger charge is -2.24. The van der Waals surface area contributed by atoms with Crippen molar-refractivity contribution in [3.05, 3.63) is 126 Å². The minimum atomic E-state index is 0.651. The van der Waals surface area contributed by atoms with Crippen molar-refractivity contribution in [3.63, 3.8) is 0 Å². The van der Waals surface area contributed by atoms with Crippen LogP contribution in [-0.4, -0.2) is 36.1 Å². The number of aromatic nitrogens is 2. The Morgan fingerprint density at radius 1 is 0.524 bits per heavy atom. The predicted molar refractivity (Wildman–Crippen MR) is 178 cm³/mol. The Kier molecular flexibility index (Phi) is 7.72. The van der Waals surface area contributed by atoms with Crippen LogP contribution in [0.2, 0.25) is 0 Å². The minimum Gasteiger partial charge on any atom is -0.354 e. The van der Waals surface area contributed by atoms with E-state index in [4.69, 9.17) is 0 Å². The molecule has 0 radical (unpaired) electrons. The van der Waals surface area contributed by atoms with E-state index in [1.54, 1.807) is 0 Å². The maximum absolute atomic E-state index is 3.66. The lowest BCUT2D eigenvalue weighted by Crippen LogP contribution is -2.26. The highest BCUT2D eigenvalue weighted by molar-refractivity contribution is 6.00. The summed E-state index contributed by atoms with van der Waals surface area (Å²) < 4.78 is 0. The molecule has 210 valence electrons. The summed E-state index contributed by atoms with van der Waals surface area (Å²) in [6.07, 6.45) is 5.86. The summed E-state index contributed by atoms with van der Waals surface area (Å²) in [6, 6.07) is 38.6. The third-order valence-corrected chi connectivity index (χ3v) is 8.71. The van der Waals surface area contributed by atoms with Crippen LogP contribution in [0.15, 0.2) is 115 Å². The van der Waals surface area contributed by atoms with E-state index in [0.717, 1.165) is 32.6 Å². The standard InChI is InChI=1S/C19H20N2.C19H18N2/c2*1-2-6-15(7-3-1)19-18(14-10-12-20-13-11-14)16-8-4-5-9-17(16)21-19/h1-9,14,20-21H,10-13H2;1-10,20-21H,11-13H2. The molecule has 1 saturated heterocycles. The molecule has 2 aromatic heterocycles. The van der Waals surface area contributed by atoms with Crippen LogP contribution in [0.5, 0.6) is 0 Å². The highest BCUT2D eigenvalue weighted by atomic mass is 14.9. The van der Waals surface area contributed by atoms with Crippen molar-refractivity contribution in [2.45, 2.75) is 25.2 Å².